The Morgan fingerprint density at radius 3 is 2.53 bits per heavy atom. The summed E-state index contributed by atoms with van der Waals surface area (Å²) in [7, 11) is 0. The summed E-state index contributed by atoms with van der Waals surface area (Å²) >= 11 is 12.2. The van der Waals surface area contributed by atoms with Gasteiger partial charge in [0.05, 0.1) is 11.6 Å². The fourth-order valence-corrected chi connectivity index (χ4v) is 2.09. The van der Waals surface area contributed by atoms with E-state index in [9.17, 15) is 0 Å². The first-order valence-electron chi connectivity index (χ1n) is 6.39. The number of halogens is 2. The highest BCUT2D eigenvalue weighted by Crippen LogP contribution is 2.32. The van der Waals surface area contributed by atoms with Crippen LogP contribution in [0.15, 0.2) is 12.1 Å². The molecule has 0 spiro atoms. The maximum Gasteiger partial charge on any atom is 0.142 e. The van der Waals surface area contributed by atoms with E-state index in [0.717, 1.165) is 5.56 Å². The van der Waals surface area contributed by atoms with Gasteiger partial charge in [0, 0.05) is 35.7 Å². The molecule has 19 heavy (non-hydrogen) atoms. The summed E-state index contributed by atoms with van der Waals surface area (Å²) in [4.78, 5) is 0. The molecule has 0 fully saturated rings. The molecule has 0 aromatic heterocycles. The Kier molecular flexibility index (Phi) is 6.94. The zero-order chi connectivity index (χ0) is 14.4. The van der Waals surface area contributed by atoms with Crippen molar-refractivity contribution in [2.75, 3.05) is 13.2 Å². The molecule has 1 atom stereocenters. The van der Waals surface area contributed by atoms with Crippen molar-refractivity contribution in [3.8, 4) is 5.75 Å². The van der Waals surface area contributed by atoms with Crippen molar-refractivity contribution in [2.45, 2.75) is 33.4 Å². The van der Waals surface area contributed by atoms with Crippen LogP contribution >= 0.6 is 23.2 Å². The van der Waals surface area contributed by atoms with Gasteiger partial charge in [-0.15, -0.1) is 0 Å². The number of aliphatic hydroxyl groups excluding tert-OH is 1. The first-order valence-corrected chi connectivity index (χ1v) is 7.14. The quantitative estimate of drug-likeness (QED) is 0.810. The monoisotopic (exact) mass is 305 g/mol. The van der Waals surface area contributed by atoms with Gasteiger partial charge in [0.1, 0.15) is 5.75 Å². The minimum atomic E-state index is 0.0673. The van der Waals surface area contributed by atoms with Crippen LogP contribution in [0.1, 0.15) is 26.3 Å². The van der Waals surface area contributed by atoms with Gasteiger partial charge in [-0.2, -0.15) is 0 Å². The molecule has 2 N–H and O–H groups in total. The van der Waals surface area contributed by atoms with E-state index in [1.807, 2.05) is 13.0 Å². The number of ether oxygens (including phenoxy) is 1. The number of benzene rings is 1. The summed E-state index contributed by atoms with van der Waals surface area (Å²) in [6.07, 6.45) is 0. The van der Waals surface area contributed by atoms with Crippen molar-refractivity contribution < 1.29 is 9.84 Å². The highest BCUT2D eigenvalue weighted by Gasteiger charge is 2.12. The molecule has 5 heteroatoms. The van der Waals surface area contributed by atoms with Crippen LogP contribution in [0.25, 0.3) is 0 Å². The predicted molar refractivity (Wildman–Crippen MR) is 80.2 cm³/mol. The molecule has 0 saturated carbocycles. The minimum Gasteiger partial charge on any atom is -0.491 e. The van der Waals surface area contributed by atoms with E-state index in [2.05, 4.69) is 19.2 Å². The molecule has 0 aliphatic carbocycles. The van der Waals surface area contributed by atoms with Crippen LogP contribution in [-0.2, 0) is 6.54 Å². The van der Waals surface area contributed by atoms with E-state index < -0.39 is 0 Å². The minimum absolute atomic E-state index is 0.0673. The second-order valence-corrected chi connectivity index (χ2v) is 5.85. The van der Waals surface area contributed by atoms with Crippen molar-refractivity contribution >= 4 is 23.2 Å². The lowest BCUT2D eigenvalue weighted by Crippen LogP contribution is -2.22. The molecular formula is C14H21Cl2NO2. The fraction of sp³-hybridized carbons (Fsp3) is 0.571. The van der Waals surface area contributed by atoms with E-state index in [4.69, 9.17) is 33.0 Å². The Bertz CT molecular complexity index is 411. The number of hydrogen-bond acceptors (Lipinski definition) is 3. The first kappa shape index (κ1) is 16.6. The lowest BCUT2D eigenvalue weighted by Gasteiger charge is -2.17. The third kappa shape index (κ3) is 5.57. The summed E-state index contributed by atoms with van der Waals surface area (Å²) in [5.41, 5.74) is 0.927. The zero-order valence-corrected chi connectivity index (χ0v) is 13.1. The standard InChI is InChI=1S/C14H21Cl2NO2/c1-9(2)17-6-11-4-12(15)5-13(16)14(11)19-8-10(3)7-18/h4-5,9-10,17-18H,6-8H2,1-3H3. The summed E-state index contributed by atoms with van der Waals surface area (Å²) < 4.78 is 5.72. The van der Waals surface area contributed by atoms with Crippen LogP contribution in [0.3, 0.4) is 0 Å². The SMILES string of the molecule is CC(CO)COc1c(Cl)cc(Cl)cc1CNC(C)C. The third-order valence-electron chi connectivity index (χ3n) is 2.61. The maximum absolute atomic E-state index is 9.03. The van der Waals surface area contributed by atoms with Crippen molar-refractivity contribution in [1.82, 2.24) is 5.32 Å². The number of rotatable bonds is 7. The molecule has 3 nitrogen and oxygen atoms in total. The lowest BCUT2D eigenvalue weighted by atomic mass is 10.1. The van der Waals surface area contributed by atoms with Gasteiger partial charge in [-0.25, -0.2) is 0 Å². The molecule has 0 amide bonds. The van der Waals surface area contributed by atoms with E-state index >= 15 is 0 Å². The Morgan fingerprint density at radius 2 is 1.95 bits per heavy atom. The molecular weight excluding hydrogens is 285 g/mol. The number of aliphatic hydroxyl groups is 1. The Labute approximate surface area is 124 Å². The van der Waals surface area contributed by atoms with Crippen LogP contribution in [0.5, 0.6) is 5.75 Å². The third-order valence-corrected chi connectivity index (χ3v) is 3.11. The molecule has 0 heterocycles. The topological polar surface area (TPSA) is 41.5 Å². The van der Waals surface area contributed by atoms with Gasteiger partial charge in [0.15, 0.2) is 0 Å². The predicted octanol–water partition coefficient (Wildman–Crippen LogP) is 3.50. The van der Waals surface area contributed by atoms with Crippen molar-refractivity contribution in [2.24, 2.45) is 5.92 Å². The molecule has 1 aromatic carbocycles. The smallest absolute Gasteiger partial charge is 0.142 e. The molecule has 0 bridgehead atoms. The zero-order valence-electron chi connectivity index (χ0n) is 11.5. The van der Waals surface area contributed by atoms with E-state index in [0.29, 0.717) is 35.0 Å². The molecule has 0 aliphatic heterocycles. The first-order chi connectivity index (χ1) is 8.93. The van der Waals surface area contributed by atoms with Gasteiger partial charge >= 0.3 is 0 Å². The van der Waals surface area contributed by atoms with Crippen LogP contribution in [0.2, 0.25) is 10.0 Å². The fourth-order valence-electron chi connectivity index (χ4n) is 1.50. The molecule has 0 aliphatic rings. The normalized spacial score (nSPS) is 12.8. The summed E-state index contributed by atoms with van der Waals surface area (Å²) in [6.45, 7) is 7.20. The highest BCUT2D eigenvalue weighted by atomic mass is 35.5. The lowest BCUT2D eigenvalue weighted by molar-refractivity contribution is 0.173. The van der Waals surface area contributed by atoms with Gasteiger partial charge in [-0.1, -0.05) is 44.0 Å². The molecule has 108 valence electrons. The summed E-state index contributed by atoms with van der Waals surface area (Å²) in [6, 6.07) is 3.88. The molecule has 1 rings (SSSR count). The number of nitrogens with one attached hydrogen (secondary N) is 1. The van der Waals surface area contributed by atoms with Crippen LogP contribution in [-0.4, -0.2) is 24.4 Å². The molecule has 1 unspecified atom stereocenters. The Hall–Kier alpha value is -0.480. The largest absolute Gasteiger partial charge is 0.491 e. The summed E-state index contributed by atoms with van der Waals surface area (Å²) in [5.74, 6) is 0.706. The van der Waals surface area contributed by atoms with Gasteiger partial charge < -0.3 is 15.2 Å². The van der Waals surface area contributed by atoms with Crippen LogP contribution < -0.4 is 10.1 Å². The summed E-state index contributed by atoms with van der Waals surface area (Å²) in [5, 5.41) is 13.4. The van der Waals surface area contributed by atoms with Gasteiger partial charge in [0.2, 0.25) is 0 Å². The van der Waals surface area contributed by atoms with Gasteiger partial charge in [-0.3, -0.25) is 0 Å². The molecule has 0 saturated heterocycles. The van der Waals surface area contributed by atoms with Gasteiger partial charge in [-0.05, 0) is 12.1 Å². The van der Waals surface area contributed by atoms with Crippen molar-refractivity contribution in [3.63, 3.8) is 0 Å². The Balaban J connectivity index is 2.86. The molecule has 0 radical (unpaired) electrons. The maximum atomic E-state index is 9.03. The number of hydrogen-bond donors (Lipinski definition) is 2. The second kappa shape index (κ2) is 7.95. The van der Waals surface area contributed by atoms with E-state index in [1.54, 1.807) is 6.07 Å². The highest BCUT2D eigenvalue weighted by molar-refractivity contribution is 6.35. The Morgan fingerprint density at radius 1 is 1.26 bits per heavy atom. The van der Waals surface area contributed by atoms with E-state index in [1.165, 1.54) is 0 Å². The van der Waals surface area contributed by atoms with Crippen LogP contribution in [0, 0.1) is 5.92 Å². The molecule has 1 aromatic rings. The second-order valence-electron chi connectivity index (χ2n) is 5.01. The van der Waals surface area contributed by atoms with Crippen molar-refractivity contribution in [1.29, 1.82) is 0 Å². The van der Waals surface area contributed by atoms with Crippen molar-refractivity contribution in [3.05, 3.63) is 27.7 Å². The van der Waals surface area contributed by atoms with E-state index in [-0.39, 0.29) is 12.5 Å². The van der Waals surface area contributed by atoms with Crippen LogP contribution in [0.4, 0.5) is 0 Å². The van der Waals surface area contributed by atoms with Gasteiger partial charge in [0.25, 0.3) is 0 Å². The average molecular weight is 306 g/mol. The average Bonchev–Trinajstić information content (AvgIpc) is 2.34.